The van der Waals surface area contributed by atoms with Crippen LogP contribution in [0.2, 0.25) is 5.02 Å². The quantitative estimate of drug-likeness (QED) is 0.906. The smallest absolute Gasteiger partial charge is 0.125 e. The molecule has 1 N–H and O–H groups in total. The Labute approximate surface area is 112 Å². The number of benzene rings is 1. The van der Waals surface area contributed by atoms with Crippen molar-refractivity contribution in [1.82, 2.24) is 5.32 Å². The van der Waals surface area contributed by atoms with E-state index in [9.17, 15) is 4.39 Å². The summed E-state index contributed by atoms with van der Waals surface area (Å²) in [6.45, 7) is 4.99. The first-order valence-corrected chi connectivity index (χ1v) is 6.52. The van der Waals surface area contributed by atoms with E-state index >= 15 is 0 Å². The number of ether oxygens (including phenoxy) is 1. The molecule has 1 aromatic carbocycles. The normalized spacial score (nSPS) is 25.8. The molecule has 2 unspecified atom stereocenters. The summed E-state index contributed by atoms with van der Waals surface area (Å²) in [7, 11) is 1.75. The van der Waals surface area contributed by atoms with Crippen LogP contribution in [0.25, 0.3) is 0 Å². The van der Waals surface area contributed by atoms with Crippen molar-refractivity contribution in [3.8, 4) is 0 Å². The van der Waals surface area contributed by atoms with Gasteiger partial charge in [-0.15, -0.1) is 0 Å². The molecule has 18 heavy (non-hydrogen) atoms. The lowest BCUT2D eigenvalue weighted by Gasteiger charge is -2.51. The van der Waals surface area contributed by atoms with E-state index in [1.165, 1.54) is 12.1 Å². The van der Waals surface area contributed by atoms with Gasteiger partial charge >= 0.3 is 0 Å². The van der Waals surface area contributed by atoms with Gasteiger partial charge in [-0.25, -0.2) is 4.39 Å². The first-order valence-electron chi connectivity index (χ1n) is 6.14. The average molecular weight is 272 g/mol. The molecule has 2 atom stereocenters. The van der Waals surface area contributed by atoms with Crippen LogP contribution in [0.1, 0.15) is 25.8 Å². The Balaban J connectivity index is 1.93. The van der Waals surface area contributed by atoms with E-state index in [0.717, 1.165) is 12.0 Å². The minimum Gasteiger partial charge on any atom is -0.381 e. The predicted molar refractivity (Wildman–Crippen MR) is 71.2 cm³/mol. The molecule has 1 aromatic rings. The first kappa shape index (κ1) is 13.8. The van der Waals surface area contributed by atoms with Crippen LogP contribution in [0.4, 0.5) is 4.39 Å². The fourth-order valence-electron chi connectivity index (χ4n) is 2.59. The Bertz CT molecular complexity index is 416. The Morgan fingerprint density at radius 3 is 2.72 bits per heavy atom. The summed E-state index contributed by atoms with van der Waals surface area (Å²) >= 11 is 5.83. The van der Waals surface area contributed by atoms with Crippen LogP contribution >= 0.6 is 11.6 Å². The molecular formula is C14H19ClFNO. The van der Waals surface area contributed by atoms with Gasteiger partial charge in [-0.1, -0.05) is 25.4 Å². The Kier molecular flexibility index (Phi) is 3.95. The molecule has 0 aliphatic heterocycles. The molecule has 0 bridgehead atoms. The maximum atomic E-state index is 13.2. The van der Waals surface area contributed by atoms with Crippen molar-refractivity contribution in [2.45, 2.75) is 39.0 Å². The van der Waals surface area contributed by atoms with Crippen LogP contribution in [-0.2, 0) is 11.3 Å². The van der Waals surface area contributed by atoms with E-state index in [1.807, 2.05) is 0 Å². The minimum atomic E-state index is -0.290. The highest BCUT2D eigenvalue weighted by Gasteiger charge is 2.48. The van der Waals surface area contributed by atoms with Crippen molar-refractivity contribution < 1.29 is 9.13 Å². The number of nitrogens with one attached hydrogen (secondary N) is 1. The van der Waals surface area contributed by atoms with E-state index in [1.54, 1.807) is 13.2 Å². The van der Waals surface area contributed by atoms with Crippen LogP contribution in [0.15, 0.2) is 18.2 Å². The van der Waals surface area contributed by atoms with Gasteiger partial charge in [0.15, 0.2) is 0 Å². The summed E-state index contributed by atoms with van der Waals surface area (Å²) in [5, 5.41) is 3.88. The van der Waals surface area contributed by atoms with Gasteiger partial charge in [0.2, 0.25) is 0 Å². The SMILES string of the molecule is COC1CC(NCc2cc(F)cc(Cl)c2)C1(C)C. The second-order valence-corrected chi connectivity index (χ2v) is 5.93. The van der Waals surface area contributed by atoms with Gasteiger partial charge in [0, 0.05) is 30.1 Å². The molecule has 0 radical (unpaired) electrons. The lowest BCUT2D eigenvalue weighted by atomic mass is 9.64. The molecule has 0 amide bonds. The van der Waals surface area contributed by atoms with Crippen LogP contribution in [0.3, 0.4) is 0 Å². The summed E-state index contributed by atoms with van der Waals surface area (Å²) < 4.78 is 18.6. The van der Waals surface area contributed by atoms with Gasteiger partial charge in [-0.2, -0.15) is 0 Å². The predicted octanol–water partition coefficient (Wildman–Crippen LogP) is 3.38. The zero-order chi connectivity index (χ0) is 13.3. The molecule has 2 rings (SSSR count). The molecule has 2 nitrogen and oxygen atoms in total. The highest BCUT2D eigenvalue weighted by Crippen LogP contribution is 2.42. The molecule has 1 fully saturated rings. The van der Waals surface area contributed by atoms with E-state index in [0.29, 0.717) is 23.7 Å². The highest BCUT2D eigenvalue weighted by molar-refractivity contribution is 6.30. The van der Waals surface area contributed by atoms with E-state index in [-0.39, 0.29) is 11.2 Å². The molecule has 0 aromatic heterocycles. The standard InChI is InChI=1S/C14H19ClFNO/c1-14(2)12(7-13(14)18-3)17-8-9-4-10(15)6-11(16)5-9/h4-6,12-13,17H,7-8H2,1-3H3. The third kappa shape index (κ3) is 2.68. The summed E-state index contributed by atoms with van der Waals surface area (Å²) in [6, 6.07) is 5.01. The van der Waals surface area contributed by atoms with Gasteiger partial charge in [0.1, 0.15) is 5.82 Å². The molecule has 100 valence electrons. The molecule has 1 aliphatic carbocycles. The van der Waals surface area contributed by atoms with Crippen molar-refractivity contribution in [2.24, 2.45) is 5.41 Å². The second-order valence-electron chi connectivity index (χ2n) is 5.49. The summed E-state index contributed by atoms with van der Waals surface area (Å²) in [4.78, 5) is 0. The molecule has 0 heterocycles. The van der Waals surface area contributed by atoms with Gasteiger partial charge < -0.3 is 10.1 Å². The van der Waals surface area contributed by atoms with Gasteiger partial charge in [-0.05, 0) is 30.2 Å². The lowest BCUT2D eigenvalue weighted by molar-refractivity contribution is -0.0979. The van der Waals surface area contributed by atoms with Crippen molar-refractivity contribution in [2.75, 3.05) is 7.11 Å². The first-order chi connectivity index (χ1) is 8.43. The van der Waals surface area contributed by atoms with Crippen molar-refractivity contribution in [3.63, 3.8) is 0 Å². The third-order valence-electron chi connectivity index (χ3n) is 3.94. The Morgan fingerprint density at radius 1 is 1.44 bits per heavy atom. The number of hydrogen-bond donors (Lipinski definition) is 1. The summed E-state index contributed by atoms with van der Waals surface area (Å²) in [6.07, 6.45) is 1.29. The monoisotopic (exact) mass is 271 g/mol. The van der Waals surface area contributed by atoms with Crippen molar-refractivity contribution >= 4 is 11.6 Å². The number of halogens is 2. The third-order valence-corrected chi connectivity index (χ3v) is 4.16. The van der Waals surface area contributed by atoms with E-state index < -0.39 is 0 Å². The number of rotatable bonds is 4. The molecule has 0 spiro atoms. The average Bonchev–Trinajstić information content (AvgIpc) is 2.26. The lowest BCUT2D eigenvalue weighted by Crippen LogP contribution is -2.60. The fraction of sp³-hybridized carbons (Fsp3) is 0.571. The van der Waals surface area contributed by atoms with Crippen LogP contribution in [0.5, 0.6) is 0 Å². The Hall–Kier alpha value is -0.640. The zero-order valence-electron chi connectivity index (χ0n) is 11.0. The van der Waals surface area contributed by atoms with Gasteiger partial charge in [-0.3, -0.25) is 0 Å². The maximum Gasteiger partial charge on any atom is 0.125 e. The highest BCUT2D eigenvalue weighted by atomic mass is 35.5. The molecule has 0 saturated heterocycles. The minimum absolute atomic E-state index is 0.117. The molecular weight excluding hydrogens is 253 g/mol. The number of methoxy groups -OCH3 is 1. The molecule has 1 aliphatic rings. The van der Waals surface area contributed by atoms with Crippen LogP contribution in [0, 0.1) is 11.2 Å². The van der Waals surface area contributed by atoms with E-state index in [2.05, 4.69) is 19.2 Å². The summed E-state index contributed by atoms with van der Waals surface area (Å²) in [5.41, 5.74) is 0.989. The van der Waals surface area contributed by atoms with Gasteiger partial charge in [0.05, 0.1) is 6.10 Å². The Morgan fingerprint density at radius 2 is 2.17 bits per heavy atom. The topological polar surface area (TPSA) is 21.3 Å². The molecule has 4 heteroatoms. The second kappa shape index (κ2) is 5.16. The summed E-state index contributed by atoms with van der Waals surface area (Å²) in [5.74, 6) is -0.290. The number of hydrogen-bond acceptors (Lipinski definition) is 2. The van der Waals surface area contributed by atoms with Crippen molar-refractivity contribution in [1.29, 1.82) is 0 Å². The largest absolute Gasteiger partial charge is 0.381 e. The van der Waals surface area contributed by atoms with Crippen LogP contribution < -0.4 is 5.32 Å². The fourth-order valence-corrected chi connectivity index (χ4v) is 2.83. The van der Waals surface area contributed by atoms with Gasteiger partial charge in [0.25, 0.3) is 0 Å². The van der Waals surface area contributed by atoms with Crippen molar-refractivity contribution in [3.05, 3.63) is 34.6 Å². The molecule has 1 saturated carbocycles. The maximum absolute atomic E-state index is 13.2. The van der Waals surface area contributed by atoms with E-state index in [4.69, 9.17) is 16.3 Å². The zero-order valence-corrected chi connectivity index (χ0v) is 11.7. The van der Waals surface area contributed by atoms with Crippen LogP contribution in [-0.4, -0.2) is 19.3 Å².